The Morgan fingerprint density at radius 1 is 1.30 bits per heavy atom. The Hall–Kier alpha value is -1.02. The average Bonchev–Trinajstić information content (AvgIpc) is 3.07. The lowest BCUT2D eigenvalue weighted by atomic mass is 9.88. The molecule has 4 atom stereocenters. The molecule has 2 aliphatic carbocycles. The van der Waals surface area contributed by atoms with E-state index in [1.807, 2.05) is 0 Å². The summed E-state index contributed by atoms with van der Waals surface area (Å²) in [4.78, 5) is 0. The lowest BCUT2D eigenvalue weighted by Gasteiger charge is -2.25. The number of methoxy groups -OCH3 is 1. The number of hydrogen-bond acceptors (Lipinski definition) is 2. The fourth-order valence-corrected chi connectivity index (χ4v) is 4.26. The van der Waals surface area contributed by atoms with Crippen LogP contribution in [-0.4, -0.2) is 13.7 Å². The first-order chi connectivity index (χ1) is 9.67. The van der Waals surface area contributed by atoms with Crippen molar-refractivity contribution in [1.29, 1.82) is 0 Å². The SMILES string of the molecule is COc1ccc(C)cc1C(C)NCC1CC2CCC1C2. The first kappa shape index (κ1) is 13.9. The van der Waals surface area contributed by atoms with Crippen LogP contribution in [0.25, 0.3) is 0 Å². The van der Waals surface area contributed by atoms with Crippen LogP contribution in [0.4, 0.5) is 0 Å². The summed E-state index contributed by atoms with van der Waals surface area (Å²) in [6.45, 7) is 5.56. The monoisotopic (exact) mass is 273 g/mol. The fraction of sp³-hybridized carbons (Fsp3) is 0.667. The van der Waals surface area contributed by atoms with Gasteiger partial charge in [-0.05, 0) is 63.5 Å². The van der Waals surface area contributed by atoms with Crippen molar-refractivity contribution >= 4 is 0 Å². The van der Waals surface area contributed by atoms with Gasteiger partial charge in [-0.2, -0.15) is 0 Å². The molecule has 2 nitrogen and oxygen atoms in total. The van der Waals surface area contributed by atoms with E-state index in [4.69, 9.17) is 4.74 Å². The molecule has 110 valence electrons. The van der Waals surface area contributed by atoms with E-state index in [1.54, 1.807) is 7.11 Å². The summed E-state index contributed by atoms with van der Waals surface area (Å²) in [6.07, 6.45) is 5.91. The standard InChI is InChI=1S/C18H27NO/c1-12-4-7-18(20-3)17(8-12)13(2)19-11-16-10-14-5-6-15(16)9-14/h4,7-8,13-16,19H,5-6,9-11H2,1-3H3. The van der Waals surface area contributed by atoms with Gasteiger partial charge in [0.25, 0.3) is 0 Å². The molecule has 2 bridgehead atoms. The second-order valence-corrected chi connectivity index (χ2v) is 6.81. The van der Waals surface area contributed by atoms with E-state index >= 15 is 0 Å². The summed E-state index contributed by atoms with van der Waals surface area (Å²) in [5.74, 6) is 3.95. The number of hydrogen-bond donors (Lipinski definition) is 1. The Balaban J connectivity index is 1.61. The van der Waals surface area contributed by atoms with Gasteiger partial charge in [0.15, 0.2) is 0 Å². The first-order valence-electron chi connectivity index (χ1n) is 8.05. The molecule has 0 heterocycles. The molecule has 2 saturated carbocycles. The van der Waals surface area contributed by atoms with Crippen LogP contribution in [0.15, 0.2) is 18.2 Å². The van der Waals surface area contributed by atoms with E-state index in [9.17, 15) is 0 Å². The van der Waals surface area contributed by atoms with Crippen LogP contribution in [0.2, 0.25) is 0 Å². The van der Waals surface area contributed by atoms with Crippen LogP contribution >= 0.6 is 0 Å². The lowest BCUT2D eigenvalue weighted by Crippen LogP contribution is -2.29. The first-order valence-corrected chi connectivity index (χ1v) is 8.05. The molecular weight excluding hydrogens is 246 g/mol. The number of fused-ring (bicyclic) bond motifs is 2. The lowest BCUT2D eigenvalue weighted by molar-refractivity contribution is 0.307. The van der Waals surface area contributed by atoms with Gasteiger partial charge in [-0.1, -0.05) is 24.1 Å². The van der Waals surface area contributed by atoms with E-state index in [0.29, 0.717) is 6.04 Å². The predicted octanol–water partition coefficient (Wildman–Crippen LogP) is 4.09. The van der Waals surface area contributed by atoms with Crippen molar-refractivity contribution < 1.29 is 4.74 Å². The second kappa shape index (κ2) is 5.77. The van der Waals surface area contributed by atoms with Gasteiger partial charge in [-0.3, -0.25) is 0 Å². The van der Waals surface area contributed by atoms with Crippen molar-refractivity contribution in [1.82, 2.24) is 5.32 Å². The predicted molar refractivity (Wildman–Crippen MR) is 83.1 cm³/mol. The molecule has 2 aliphatic rings. The summed E-state index contributed by atoms with van der Waals surface area (Å²) in [7, 11) is 1.76. The zero-order valence-corrected chi connectivity index (χ0v) is 13.0. The van der Waals surface area contributed by atoms with Gasteiger partial charge in [-0.25, -0.2) is 0 Å². The highest BCUT2D eigenvalue weighted by molar-refractivity contribution is 5.38. The van der Waals surface area contributed by atoms with Crippen LogP contribution in [0.1, 0.15) is 49.8 Å². The normalized spacial score (nSPS) is 29.6. The molecule has 3 rings (SSSR count). The minimum Gasteiger partial charge on any atom is -0.496 e. The molecule has 1 aromatic carbocycles. The van der Waals surface area contributed by atoms with Crippen LogP contribution in [0.3, 0.4) is 0 Å². The third-order valence-electron chi connectivity index (χ3n) is 5.42. The fourth-order valence-electron chi connectivity index (χ4n) is 4.26. The maximum absolute atomic E-state index is 5.50. The summed E-state index contributed by atoms with van der Waals surface area (Å²) in [6, 6.07) is 6.81. The molecule has 0 radical (unpaired) electrons. The van der Waals surface area contributed by atoms with E-state index < -0.39 is 0 Å². The number of rotatable bonds is 5. The van der Waals surface area contributed by atoms with E-state index in [0.717, 1.165) is 23.5 Å². The molecule has 0 saturated heterocycles. The van der Waals surface area contributed by atoms with Crippen molar-refractivity contribution in [3.63, 3.8) is 0 Å². The number of benzene rings is 1. The maximum atomic E-state index is 5.50. The zero-order chi connectivity index (χ0) is 14.1. The highest BCUT2D eigenvalue weighted by Crippen LogP contribution is 2.48. The quantitative estimate of drug-likeness (QED) is 0.872. The van der Waals surface area contributed by atoms with Gasteiger partial charge in [0.2, 0.25) is 0 Å². The summed E-state index contributed by atoms with van der Waals surface area (Å²) < 4.78 is 5.50. The van der Waals surface area contributed by atoms with Gasteiger partial charge in [0, 0.05) is 11.6 Å². The Morgan fingerprint density at radius 3 is 2.80 bits per heavy atom. The van der Waals surface area contributed by atoms with Gasteiger partial charge in [-0.15, -0.1) is 0 Å². The van der Waals surface area contributed by atoms with Crippen molar-refractivity contribution in [3.8, 4) is 5.75 Å². The molecule has 4 unspecified atom stereocenters. The minimum atomic E-state index is 0.365. The van der Waals surface area contributed by atoms with Crippen LogP contribution in [0.5, 0.6) is 5.75 Å². The molecule has 0 amide bonds. The topological polar surface area (TPSA) is 21.3 Å². The summed E-state index contributed by atoms with van der Waals surface area (Å²) in [5, 5.41) is 3.75. The van der Waals surface area contributed by atoms with Crippen LogP contribution < -0.4 is 10.1 Å². The maximum Gasteiger partial charge on any atom is 0.123 e. The van der Waals surface area contributed by atoms with E-state index in [1.165, 1.54) is 43.4 Å². The highest BCUT2D eigenvalue weighted by atomic mass is 16.5. The Morgan fingerprint density at radius 2 is 2.15 bits per heavy atom. The third-order valence-corrected chi connectivity index (χ3v) is 5.42. The molecule has 1 N–H and O–H groups in total. The summed E-state index contributed by atoms with van der Waals surface area (Å²) >= 11 is 0. The van der Waals surface area contributed by atoms with Crippen molar-refractivity contribution in [3.05, 3.63) is 29.3 Å². The van der Waals surface area contributed by atoms with Crippen molar-refractivity contribution in [2.24, 2.45) is 17.8 Å². The molecule has 2 heteroatoms. The molecule has 0 aliphatic heterocycles. The smallest absolute Gasteiger partial charge is 0.123 e. The van der Waals surface area contributed by atoms with Crippen molar-refractivity contribution in [2.45, 2.75) is 45.6 Å². The van der Waals surface area contributed by atoms with Gasteiger partial charge < -0.3 is 10.1 Å². The van der Waals surface area contributed by atoms with Crippen molar-refractivity contribution in [2.75, 3.05) is 13.7 Å². The second-order valence-electron chi connectivity index (χ2n) is 6.81. The molecule has 1 aromatic rings. The molecule has 0 spiro atoms. The van der Waals surface area contributed by atoms with E-state index in [2.05, 4.69) is 37.4 Å². The van der Waals surface area contributed by atoms with Gasteiger partial charge in [0.05, 0.1) is 7.11 Å². The number of aryl methyl sites for hydroxylation is 1. The average molecular weight is 273 g/mol. The molecule has 20 heavy (non-hydrogen) atoms. The summed E-state index contributed by atoms with van der Waals surface area (Å²) in [5.41, 5.74) is 2.59. The van der Waals surface area contributed by atoms with Crippen LogP contribution in [-0.2, 0) is 0 Å². The Labute approximate surface area is 122 Å². The Kier molecular flexibility index (Phi) is 4.02. The molecular formula is C18H27NO. The largest absolute Gasteiger partial charge is 0.496 e. The molecule has 2 fully saturated rings. The molecule has 0 aromatic heterocycles. The third kappa shape index (κ3) is 2.71. The highest BCUT2D eigenvalue weighted by Gasteiger charge is 2.39. The zero-order valence-electron chi connectivity index (χ0n) is 13.0. The van der Waals surface area contributed by atoms with Crippen LogP contribution in [0, 0.1) is 24.7 Å². The minimum absolute atomic E-state index is 0.365. The van der Waals surface area contributed by atoms with E-state index in [-0.39, 0.29) is 0 Å². The number of nitrogens with one attached hydrogen (secondary N) is 1. The van der Waals surface area contributed by atoms with Gasteiger partial charge in [0.1, 0.15) is 5.75 Å². The number of ether oxygens (including phenoxy) is 1. The van der Waals surface area contributed by atoms with Gasteiger partial charge >= 0.3 is 0 Å². The Bertz CT molecular complexity index is 470.